The molecule has 1 aliphatic carbocycles. The molecular weight excluding hydrogens is 282 g/mol. The lowest BCUT2D eigenvalue weighted by Crippen LogP contribution is -2.38. The van der Waals surface area contributed by atoms with Gasteiger partial charge in [-0.1, -0.05) is 0 Å². The highest BCUT2D eigenvalue weighted by atomic mass is 16.5. The van der Waals surface area contributed by atoms with Gasteiger partial charge >= 0.3 is 0 Å². The molecule has 0 radical (unpaired) electrons. The molecule has 2 aliphatic rings. The van der Waals surface area contributed by atoms with E-state index in [1.54, 1.807) is 30.2 Å². The molecule has 0 atom stereocenters. The number of carbonyl (C=O) groups excluding carboxylic acids is 2. The summed E-state index contributed by atoms with van der Waals surface area (Å²) < 4.78 is 5.36. The van der Waals surface area contributed by atoms with Gasteiger partial charge < -0.3 is 20.7 Å². The molecule has 0 spiro atoms. The first-order valence-corrected chi connectivity index (χ1v) is 7.62. The van der Waals surface area contributed by atoms with Gasteiger partial charge in [-0.05, 0) is 43.9 Å². The number of piperidine rings is 1. The van der Waals surface area contributed by atoms with E-state index in [4.69, 9.17) is 10.5 Å². The van der Waals surface area contributed by atoms with Gasteiger partial charge in [0.2, 0.25) is 11.8 Å². The SMILES string of the molecule is COc1ccc(NC(=O)C2(N)CC2)cc1N1CCCCC1=O. The smallest absolute Gasteiger partial charge is 0.244 e. The van der Waals surface area contributed by atoms with Crippen LogP contribution in [-0.4, -0.2) is 31.0 Å². The Morgan fingerprint density at radius 1 is 1.36 bits per heavy atom. The number of hydrogen-bond acceptors (Lipinski definition) is 4. The van der Waals surface area contributed by atoms with E-state index in [0.29, 0.717) is 42.9 Å². The molecule has 118 valence electrons. The first-order valence-electron chi connectivity index (χ1n) is 7.62. The number of rotatable bonds is 4. The number of hydrogen-bond donors (Lipinski definition) is 2. The zero-order valence-corrected chi connectivity index (χ0v) is 12.7. The fourth-order valence-corrected chi connectivity index (χ4v) is 2.66. The lowest BCUT2D eigenvalue weighted by molar-refractivity contribution is -0.119. The summed E-state index contributed by atoms with van der Waals surface area (Å²) in [5.41, 5.74) is 6.51. The minimum atomic E-state index is -0.721. The summed E-state index contributed by atoms with van der Waals surface area (Å²) in [6, 6.07) is 5.31. The molecule has 6 heteroatoms. The molecule has 6 nitrogen and oxygen atoms in total. The summed E-state index contributed by atoms with van der Waals surface area (Å²) in [7, 11) is 1.57. The van der Waals surface area contributed by atoms with Gasteiger partial charge in [-0.25, -0.2) is 0 Å². The number of nitrogens with one attached hydrogen (secondary N) is 1. The molecule has 2 fully saturated rings. The summed E-state index contributed by atoms with van der Waals surface area (Å²) in [6.45, 7) is 0.674. The second-order valence-electron chi connectivity index (χ2n) is 6.00. The van der Waals surface area contributed by atoms with E-state index >= 15 is 0 Å². The van der Waals surface area contributed by atoms with Crippen LogP contribution in [-0.2, 0) is 9.59 Å². The van der Waals surface area contributed by atoms with Gasteiger partial charge in [0.1, 0.15) is 5.75 Å². The highest BCUT2D eigenvalue weighted by Gasteiger charge is 2.46. The molecule has 1 saturated carbocycles. The molecule has 2 amide bonds. The van der Waals surface area contributed by atoms with Crippen molar-refractivity contribution in [3.05, 3.63) is 18.2 Å². The first-order chi connectivity index (χ1) is 10.5. The van der Waals surface area contributed by atoms with Crippen LogP contribution in [0.2, 0.25) is 0 Å². The minimum Gasteiger partial charge on any atom is -0.495 e. The summed E-state index contributed by atoms with van der Waals surface area (Å²) in [5.74, 6) is 0.543. The maximum Gasteiger partial charge on any atom is 0.244 e. The van der Waals surface area contributed by atoms with Crippen molar-refractivity contribution in [2.24, 2.45) is 5.73 Å². The van der Waals surface area contributed by atoms with E-state index in [-0.39, 0.29) is 11.8 Å². The number of amides is 2. The van der Waals surface area contributed by atoms with Gasteiger partial charge in [0.05, 0.1) is 18.3 Å². The highest BCUT2D eigenvalue weighted by molar-refractivity contribution is 6.01. The molecule has 22 heavy (non-hydrogen) atoms. The van der Waals surface area contributed by atoms with Crippen molar-refractivity contribution in [3.8, 4) is 5.75 Å². The number of benzene rings is 1. The van der Waals surface area contributed by atoms with Crippen LogP contribution in [0.15, 0.2) is 18.2 Å². The van der Waals surface area contributed by atoms with Crippen LogP contribution in [0.25, 0.3) is 0 Å². The van der Waals surface area contributed by atoms with Gasteiger partial charge in [-0.2, -0.15) is 0 Å². The van der Waals surface area contributed by atoms with Gasteiger partial charge in [0.25, 0.3) is 0 Å². The van der Waals surface area contributed by atoms with E-state index in [0.717, 1.165) is 12.8 Å². The second-order valence-corrected chi connectivity index (χ2v) is 6.00. The molecule has 1 saturated heterocycles. The van der Waals surface area contributed by atoms with Gasteiger partial charge in [-0.15, -0.1) is 0 Å². The molecule has 1 aromatic rings. The number of ether oxygens (including phenoxy) is 1. The van der Waals surface area contributed by atoms with Crippen LogP contribution >= 0.6 is 0 Å². The third-order valence-electron chi connectivity index (χ3n) is 4.29. The lowest BCUT2D eigenvalue weighted by Gasteiger charge is -2.28. The normalized spacial score (nSPS) is 19.7. The van der Waals surface area contributed by atoms with E-state index in [1.165, 1.54) is 0 Å². The van der Waals surface area contributed by atoms with Crippen molar-refractivity contribution in [1.29, 1.82) is 0 Å². The molecule has 3 rings (SSSR count). The zero-order valence-electron chi connectivity index (χ0n) is 12.7. The number of carbonyl (C=O) groups is 2. The van der Waals surface area contributed by atoms with Crippen molar-refractivity contribution in [1.82, 2.24) is 0 Å². The Morgan fingerprint density at radius 3 is 2.77 bits per heavy atom. The van der Waals surface area contributed by atoms with Crippen molar-refractivity contribution < 1.29 is 14.3 Å². The molecule has 1 heterocycles. The Labute approximate surface area is 129 Å². The van der Waals surface area contributed by atoms with Gasteiger partial charge in [-0.3, -0.25) is 9.59 Å². The fourth-order valence-electron chi connectivity index (χ4n) is 2.66. The van der Waals surface area contributed by atoms with Gasteiger partial charge in [0.15, 0.2) is 0 Å². The Balaban J connectivity index is 1.85. The van der Waals surface area contributed by atoms with E-state index in [2.05, 4.69) is 5.32 Å². The Bertz CT molecular complexity index is 611. The number of nitrogens with zero attached hydrogens (tertiary/aromatic N) is 1. The topological polar surface area (TPSA) is 84.7 Å². The molecule has 0 bridgehead atoms. The molecule has 0 aromatic heterocycles. The largest absolute Gasteiger partial charge is 0.495 e. The predicted octanol–water partition coefficient (Wildman–Crippen LogP) is 1.64. The average Bonchev–Trinajstić information content (AvgIpc) is 3.27. The maximum atomic E-state index is 12.1. The highest BCUT2D eigenvalue weighted by Crippen LogP contribution is 2.36. The number of nitrogens with two attached hydrogens (primary N) is 1. The van der Waals surface area contributed by atoms with Crippen LogP contribution in [0.5, 0.6) is 5.75 Å². The fraction of sp³-hybridized carbons (Fsp3) is 0.500. The summed E-state index contributed by atoms with van der Waals surface area (Å²) in [5, 5.41) is 2.83. The zero-order chi connectivity index (χ0) is 15.7. The van der Waals surface area contributed by atoms with Crippen molar-refractivity contribution >= 4 is 23.2 Å². The second kappa shape index (κ2) is 5.61. The Hall–Kier alpha value is -2.08. The maximum absolute atomic E-state index is 12.1. The quantitative estimate of drug-likeness (QED) is 0.885. The number of anilines is 2. The van der Waals surface area contributed by atoms with Crippen LogP contribution in [0.3, 0.4) is 0 Å². The minimum absolute atomic E-state index is 0.0884. The summed E-state index contributed by atoms with van der Waals surface area (Å²) in [6.07, 6.45) is 3.87. The summed E-state index contributed by atoms with van der Waals surface area (Å²) >= 11 is 0. The third kappa shape index (κ3) is 2.78. The number of methoxy groups -OCH3 is 1. The van der Waals surface area contributed by atoms with Crippen LogP contribution in [0, 0.1) is 0 Å². The summed E-state index contributed by atoms with van der Waals surface area (Å²) in [4.78, 5) is 25.9. The van der Waals surface area contributed by atoms with E-state index in [1.807, 2.05) is 0 Å². The Kier molecular flexibility index (Phi) is 3.78. The molecule has 0 unspecified atom stereocenters. The third-order valence-corrected chi connectivity index (χ3v) is 4.29. The lowest BCUT2D eigenvalue weighted by atomic mass is 10.1. The van der Waals surface area contributed by atoms with Gasteiger partial charge in [0, 0.05) is 18.7 Å². The van der Waals surface area contributed by atoms with E-state index in [9.17, 15) is 9.59 Å². The standard InChI is InChI=1S/C16H21N3O3/c1-22-13-6-5-11(18-15(21)16(17)7-8-16)10-12(13)19-9-3-2-4-14(19)20/h5-6,10H,2-4,7-9,17H2,1H3,(H,18,21). The molecule has 1 aliphatic heterocycles. The van der Waals surface area contributed by atoms with Crippen molar-refractivity contribution in [2.45, 2.75) is 37.6 Å². The van der Waals surface area contributed by atoms with Crippen LogP contribution in [0.1, 0.15) is 32.1 Å². The van der Waals surface area contributed by atoms with Crippen molar-refractivity contribution in [2.75, 3.05) is 23.9 Å². The molecular formula is C16H21N3O3. The van der Waals surface area contributed by atoms with Crippen LogP contribution < -0.4 is 20.7 Å². The Morgan fingerprint density at radius 2 is 2.14 bits per heavy atom. The molecule has 1 aromatic carbocycles. The average molecular weight is 303 g/mol. The monoisotopic (exact) mass is 303 g/mol. The van der Waals surface area contributed by atoms with Crippen LogP contribution in [0.4, 0.5) is 11.4 Å². The van der Waals surface area contributed by atoms with E-state index < -0.39 is 5.54 Å². The predicted molar refractivity (Wildman–Crippen MR) is 84.0 cm³/mol. The first kappa shape index (κ1) is 14.8. The van der Waals surface area contributed by atoms with Crippen molar-refractivity contribution in [3.63, 3.8) is 0 Å². The molecule has 3 N–H and O–H groups in total.